The standard InChI is InChI=1S/C4H9OSi.Ti/c1-3-4(2)6-5;/h3-5H,1-2H3;/q-1;. The van der Waals surface area contributed by atoms with Crippen LogP contribution >= 0.6 is 0 Å². The second kappa shape index (κ2) is 6.89. The fourth-order valence-corrected chi connectivity index (χ4v) is 0.224. The van der Waals surface area contributed by atoms with Crippen LogP contribution in [0.25, 0.3) is 0 Å². The van der Waals surface area contributed by atoms with E-state index in [2.05, 4.69) is 0 Å². The predicted octanol–water partition coefficient (Wildman–Crippen LogP) is 0.628. The summed E-state index contributed by atoms with van der Waals surface area (Å²) in [7, 11) is 0.0760. The maximum atomic E-state index is 8.33. The zero-order valence-electron chi connectivity index (χ0n) is 4.60. The molecule has 40 valence electrons. The van der Waals surface area contributed by atoms with Gasteiger partial charge in [-0.1, -0.05) is 6.92 Å². The predicted molar refractivity (Wildman–Crippen MR) is 27.4 cm³/mol. The van der Waals surface area contributed by atoms with Gasteiger partial charge in [-0.25, -0.2) is 0 Å². The minimum Gasteiger partial charge on any atom is -0.434 e. The maximum Gasteiger partial charge on any atom is 0.194 e. The summed E-state index contributed by atoms with van der Waals surface area (Å²) in [6, 6.07) is 0. The van der Waals surface area contributed by atoms with E-state index >= 15 is 0 Å². The molecule has 3 heteroatoms. The van der Waals surface area contributed by atoms with Crippen LogP contribution in [0.3, 0.4) is 0 Å². The molecule has 0 aromatic carbocycles. The topological polar surface area (TPSA) is 20.2 Å². The van der Waals surface area contributed by atoms with Crippen molar-refractivity contribution in [1.82, 2.24) is 0 Å². The molecular formula is C4H9OSiTi-. The van der Waals surface area contributed by atoms with Gasteiger partial charge in [0.2, 0.25) is 0 Å². The molecule has 0 spiro atoms. The fraction of sp³-hybridized carbons (Fsp3) is 0.750. The third kappa shape index (κ3) is 6.89. The third-order valence-corrected chi connectivity index (χ3v) is 1.44. The zero-order valence-corrected chi connectivity index (χ0v) is 7.16. The van der Waals surface area contributed by atoms with Crippen LogP contribution in [0.2, 0.25) is 5.54 Å². The average Bonchev–Trinajstić information content (AvgIpc) is 1.65. The summed E-state index contributed by atoms with van der Waals surface area (Å²) in [6.45, 7) is 3.94. The Morgan fingerprint density at radius 2 is 2.14 bits per heavy atom. The normalized spacial score (nSPS) is 12.4. The van der Waals surface area contributed by atoms with Gasteiger partial charge in [0.15, 0.2) is 9.76 Å². The molecule has 0 aromatic heterocycles. The van der Waals surface area contributed by atoms with Crippen molar-refractivity contribution in [2.75, 3.05) is 0 Å². The van der Waals surface area contributed by atoms with Crippen LogP contribution in [0.4, 0.5) is 0 Å². The summed E-state index contributed by atoms with van der Waals surface area (Å²) in [5.41, 5.74) is 0.394. The van der Waals surface area contributed by atoms with E-state index in [1.165, 1.54) is 0 Å². The van der Waals surface area contributed by atoms with Crippen molar-refractivity contribution in [3.63, 3.8) is 0 Å². The molecule has 0 aliphatic rings. The largest absolute Gasteiger partial charge is 0.434 e. The van der Waals surface area contributed by atoms with Gasteiger partial charge in [-0.05, 0) is 0 Å². The summed E-state index contributed by atoms with van der Waals surface area (Å²) in [6.07, 6.45) is 1.98. The molecule has 0 fully saturated rings. The summed E-state index contributed by atoms with van der Waals surface area (Å²) >= 11 is 0. The maximum absolute atomic E-state index is 8.33. The van der Waals surface area contributed by atoms with Gasteiger partial charge in [-0.15, -0.1) is 0 Å². The molecule has 0 aromatic rings. The van der Waals surface area contributed by atoms with E-state index in [1.54, 1.807) is 0 Å². The number of hydrogen-bond donors (Lipinski definition) is 1. The molecule has 0 aliphatic carbocycles. The van der Waals surface area contributed by atoms with E-state index in [-0.39, 0.29) is 31.5 Å². The summed E-state index contributed by atoms with van der Waals surface area (Å²) in [4.78, 5) is 8.33. The average molecular weight is 149 g/mol. The van der Waals surface area contributed by atoms with Crippen LogP contribution in [0.5, 0.6) is 0 Å². The molecule has 1 atom stereocenters. The van der Waals surface area contributed by atoms with E-state index in [9.17, 15) is 0 Å². The molecule has 2 radical (unpaired) electrons. The van der Waals surface area contributed by atoms with E-state index in [0.717, 1.165) is 0 Å². The van der Waals surface area contributed by atoms with Crippen LogP contribution in [0.15, 0.2) is 0 Å². The van der Waals surface area contributed by atoms with E-state index in [0.29, 0.717) is 5.54 Å². The second-order valence-electron chi connectivity index (χ2n) is 1.25. The van der Waals surface area contributed by atoms with Gasteiger partial charge in [-0.3, -0.25) is 0 Å². The van der Waals surface area contributed by atoms with Gasteiger partial charge in [0.25, 0.3) is 0 Å². The number of hydrogen-bond acceptors (Lipinski definition) is 1. The molecule has 1 unspecified atom stereocenters. The van der Waals surface area contributed by atoms with Crippen LogP contribution in [-0.4, -0.2) is 14.6 Å². The minimum absolute atomic E-state index is 0. The van der Waals surface area contributed by atoms with Crippen molar-refractivity contribution < 1.29 is 26.5 Å². The van der Waals surface area contributed by atoms with Crippen molar-refractivity contribution >= 4 is 9.76 Å². The summed E-state index contributed by atoms with van der Waals surface area (Å²) < 4.78 is 0. The molecule has 0 rings (SSSR count). The van der Waals surface area contributed by atoms with Gasteiger partial charge in [0.1, 0.15) is 0 Å². The van der Waals surface area contributed by atoms with Gasteiger partial charge in [0, 0.05) is 21.7 Å². The van der Waals surface area contributed by atoms with Gasteiger partial charge in [0.05, 0.1) is 0 Å². The SMILES string of the molecule is C[CH-]C(C)[Si]O.[Ti]. The van der Waals surface area contributed by atoms with Crippen LogP contribution in [0, 0.1) is 6.42 Å². The first-order valence-corrected chi connectivity index (χ1v) is 3.02. The molecule has 7 heavy (non-hydrogen) atoms. The molecular weight excluding hydrogens is 140 g/mol. The molecule has 0 saturated carbocycles. The Morgan fingerprint density at radius 1 is 1.71 bits per heavy atom. The Labute approximate surface area is 62.3 Å². The first-order chi connectivity index (χ1) is 2.81. The van der Waals surface area contributed by atoms with Gasteiger partial charge >= 0.3 is 0 Å². The smallest absolute Gasteiger partial charge is 0.194 e. The van der Waals surface area contributed by atoms with E-state index in [1.807, 2.05) is 20.3 Å². The number of rotatable bonds is 2. The Bertz CT molecular complexity index is 30.9. The van der Waals surface area contributed by atoms with E-state index in [4.69, 9.17) is 4.80 Å². The monoisotopic (exact) mass is 149 g/mol. The molecule has 0 bridgehead atoms. The van der Waals surface area contributed by atoms with Crippen molar-refractivity contribution in [2.45, 2.75) is 19.4 Å². The first kappa shape index (κ1) is 10.8. The summed E-state index contributed by atoms with van der Waals surface area (Å²) in [5.74, 6) is 0. The van der Waals surface area contributed by atoms with Crippen molar-refractivity contribution in [3.8, 4) is 0 Å². The molecule has 0 saturated heterocycles. The van der Waals surface area contributed by atoms with E-state index < -0.39 is 0 Å². The molecule has 1 N–H and O–H groups in total. The first-order valence-electron chi connectivity index (χ1n) is 2.00. The van der Waals surface area contributed by atoms with Crippen LogP contribution in [0.1, 0.15) is 13.8 Å². The van der Waals surface area contributed by atoms with Crippen molar-refractivity contribution in [2.24, 2.45) is 0 Å². The van der Waals surface area contributed by atoms with Crippen LogP contribution in [-0.2, 0) is 21.7 Å². The fourth-order valence-electron chi connectivity index (χ4n) is 0.0745. The molecule has 0 aliphatic heterocycles. The Morgan fingerprint density at radius 3 is 2.14 bits per heavy atom. The Kier molecular flexibility index (Phi) is 10.6. The second-order valence-corrected chi connectivity index (χ2v) is 2.42. The quantitative estimate of drug-likeness (QED) is 0.451. The zero-order chi connectivity index (χ0) is 4.99. The summed E-state index contributed by atoms with van der Waals surface area (Å²) in [5, 5.41) is 0. The van der Waals surface area contributed by atoms with Crippen molar-refractivity contribution in [1.29, 1.82) is 0 Å². The Hall–Kier alpha value is 0.891. The molecule has 0 amide bonds. The Balaban J connectivity index is 0. The third-order valence-electron chi connectivity index (χ3n) is 0.704. The van der Waals surface area contributed by atoms with Gasteiger partial charge < -0.3 is 11.2 Å². The van der Waals surface area contributed by atoms with Gasteiger partial charge in [-0.2, -0.15) is 12.5 Å². The van der Waals surface area contributed by atoms with Crippen molar-refractivity contribution in [3.05, 3.63) is 6.42 Å². The van der Waals surface area contributed by atoms with Crippen LogP contribution < -0.4 is 0 Å². The molecule has 0 heterocycles. The molecule has 1 nitrogen and oxygen atoms in total. The minimum atomic E-state index is 0.